The van der Waals surface area contributed by atoms with Gasteiger partial charge in [0, 0.05) is 55.8 Å². The number of allylic oxidation sites excluding steroid dienone is 5. The Morgan fingerprint density at radius 3 is 2.38 bits per heavy atom. The minimum Gasteiger partial charge on any atom is -0.472 e. The molecule has 1 aliphatic heterocycles. The Bertz CT molecular complexity index is 1910. The van der Waals surface area contributed by atoms with E-state index in [0.29, 0.717) is 25.2 Å². The van der Waals surface area contributed by atoms with E-state index >= 15 is 0 Å². The second kappa shape index (κ2) is 21.9. The number of rotatable bonds is 18. The van der Waals surface area contributed by atoms with Crippen molar-refractivity contribution < 1.29 is 33.5 Å². The largest absolute Gasteiger partial charge is 0.472 e. The Morgan fingerprint density at radius 1 is 1.00 bits per heavy atom. The van der Waals surface area contributed by atoms with Crippen LogP contribution in [0.1, 0.15) is 116 Å². The van der Waals surface area contributed by atoms with Gasteiger partial charge in [0.25, 0.3) is 11.8 Å². The summed E-state index contributed by atoms with van der Waals surface area (Å²) in [4.78, 5) is 101. The van der Waals surface area contributed by atoms with Crippen LogP contribution in [-0.4, -0.2) is 119 Å². The van der Waals surface area contributed by atoms with Gasteiger partial charge < -0.3 is 30.9 Å². The average Bonchev–Trinajstić information content (AvgIpc) is 4.02. The van der Waals surface area contributed by atoms with Gasteiger partial charge in [-0.15, -0.1) is 0 Å². The maximum atomic E-state index is 15.0. The molecule has 1 unspecified atom stereocenters. The summed E-state index contributed by atoms with van der Waals surface area (Å²) in [7, 11) is 1.61. The monoisotopic (exact) mass is 841 g/mol. The number of hydrogen-bond donors (Lipinski definition) is 4. The highest BCUT2D eigenvalue weighted by Crippen LogP contribution is 2.31. The molecule has 5 atom stereocenters. The van der Waals surface area contributed by atoms with E-state index < -0.39 is 65.1 Å². The minimum atomic E-state index is -1.12. The summed E-state index contributed by atoms with van der Waals surface area (Å²) in [6, 6.07) is -3.95. The molecule has 3 aliphatic carbocycles. The Kier molecular flexibility index (Phi) is 16.8. The molecule has 0 radical (unpaired) electrons. The lowest BCUT2D eigenvalue weighted by Gasteiger charge is -2.37. The van der Waals surface area contributed by atoms with Crippen LogP contribution in [0.2, 0.25) is 0 Å². The molecule has 0 aromatic carbocycles. The van der Waals surface area contributed by atoms with E-state index in [0.717, 1.165) is 56.2 Å². The van der Waals surface area contributed by atoms with Crippen molar-refractivity contribution in [3.8, 4) is 0 Å². The van der Waals surface area contributed by atoms with E-state index in [1.165, 1.54) is 23.5 Å². The molecule has 16 heteroatoms. The molecule has 1 saturated heterocycles. The standard InChI is InChI=1S/C45H63N9O7/c1-7-14-33(38(56)42(59)51-30-19-20-30)50-26-36(55)35-24-32(61-43(46-6)29-17-12-13-18-31(23-29)48-8-2)27-54(35)44(60)39(45(3,4)5)53-41(58)37(28-15-10-9-11-16-28)52-40(57)34-25-47-21-22-49-34/h8,12-13,17-18,21-22,25,28,30,32-33,35,37,39,50H,7,9-11,14-16,19-20,23-24,26-27H2,1-6H3,(H,51,59)(H,52,57)(H,53,58)/t32-,33+,35+,37?,39-/m1/s1. The lowest BCUT2D eigenvalue weighted by Crippen LogP contribution is -2.61. The van der Waals surface area contributed by atoms with Crippen molar-refractivity contribution in [3.05, 3.63) is 59.9 Å². The number of carbonyl (C=O) groups is 6. The number of aliphatic imine (C=N–C) groups is 2. The van der Waals surface area contributed by atoms with Gasteiger partial charge in [-0.1, -0.05) is 71.6 Å². The fraction of sp³-hybridized carbons (Fsp3) is 0.600. The number of carbonyl (C=O) groups excluding carboxylic acids is 6. The highest BCUT2D eigenvalue weighted by atomic mass is 16.5. The lowest BCUT2D eigenvalue weighted by atomic mass is 9.82. The van der Waals surface area contributed by atoms with E-state index in [2.05, 4.69) is 41.2 Å². The van der Waals surface area contributed by atoms with Crippen LogP contribution in [0.4, 0.5) is 0 Å². The van der Waals surface area contributed by atoms with Crippen molar-refractivity contribution in [2.45, 2.75) is 142 Å². The van der Waals surface area contributed by atoms with Crippen molar-refractivity contribution in [2.24, 2.45) is 21.3 Å². The molecular weight excluding hydrogens is 779 g/mol. The number of likely N-dealkylation sites (tertiary alicyclic amines) is 1. The molecule has 16 nitrogen and oxygen atoms in total. The Balaban J connectivity index is 1.40. The summed E-state index contributed by atoms with van der Waals surface area (Å²) < 4.78 is 6.52. The number of Topliss-reactive ketones (excluding diaryl/α,β-unsaturated/α-hetero) is 2. The third kappa shape index (κ3) is 13.1. The number of aromatic nitrogens is 2. The predicted octanol–water partition coefficient (Wildman–Crippen LogP) is 3.74. The first-order chi connectivity index (χ1) is 29.2. The van der Waals surface area contributed by atoms with E-state index in [1.54, 1.807) is 13.3 Å². The number of ketones is 2. The van der Waals surface area contributed by atoms with Gasteiger partial charge in [-0.3, -0.25) is 43.7 Å². The van der Waals surface area contributed by atoms with Crippen molar-refractivity contribution in [1.82, 2.24) is 36.1 Å². The van der Waals surface area contributed by atoms with Gasteiger partial charge in [0.2, 0.25) is 23.5 Å². The third-order valence-electron chi connectivity index (χ3n) is 11.5. The Hall–Kier alpha value is -5.38. The van der Waals surface area contributed by atoms with Gasteiger partial charge in [0.05, 0.1) is 31.4 Å². The normalized spacial score (nSPS) is 21.4. The van der Waals surface area contributed by atoms with E-state index in [9.17, 15) is 28.8 Å². The maximum Gasteiger partial charge on any atom is 0.289 e. The molecule has 0 spiro atoms. The van der Waals surface area contributed by atoms with Gasteiger partial charge >= 0.3 is 0 Å². The van der Waals surface area contributed by atoms with Gasteiger partial charge in [0.1, 0.15) is 23.9 Å². The zero-order valence-electron chi connectivity index (χ0n) is 36.4. The number of hydrogen-bond acceptors (Lipinski definition) is 12. The topological polar surface area (TPSA) is 214 Å². The van der Waals surface area contributed by atoms with Gasteiger partial charge in [-0.2, -0.15) is 0 Å². The molecule has 1 aromatic rings. The fourth-order valence-electron chi connectivity index (χ4n) is 8.06. The lowest BCUT2D eigenvalue weighted by molar-refractivity contribution is -0.144. The summed E-state index contributed by atoms with van der Waals surface area (Å²) >= 11 is 0. The molecule has 61 heavy (non-hydrogen) atoms. The zero-order valence-corrected chi connectivity index (χ0v) is 36.4. The van der Waals surface area contributed by atoms with Gasteiger partial charge in [-0.05, 0) is 56.4 Å². The molecule has 2 saturated carbocycles. The van der Waals surface area contributed by atoms with Gasteiger partial charge in [0.15, 0.2) is 5.78 Å². The number of amides is 4. The zero-order chi connectivity index (χ0) is 44.1. The molecule has 5 rings (SSSR count). The molecule has 0 bridgehead atoms. The second-order valence-corrected chi connectivity index (χ2v) is 17.4. The first kappa shape index (κ1) is 46.7. The summed E-state index contributed by atoms with van der Waals surface area (Å²) in [5.74, 6) is -3.05. The van der Waals surface area contributed by atoms with Crippen molar-refractivity contribution in [3.63, 3.8) is 0 Å². The van der Waals surface area contributed by atoms with Crippen LogP contribution >= 0.6 is 0 Å². The fourth-order valence-corrected chi connectivity index (χ4v) is 8.06. The summed E-state index contributed by atoms with van der Waals surface area (Å²) in [6.45, 7) is 8.94. The third-order valence-corrected chi connectivity index (χ3v) is 11.5. The molecule has 3 fully saturated rings. The second-order valence-electron chi connectivity index (χ2n) is 17.4. The average molecular weight is 842 g/mol. The highest BCUT2D eigenvalue weighted by molar-refractivity contribution is 6.38. The summed E-state index contributed by atoms with van der Waals surface area (Å²) in [5.41, 5.74) is 0.803. The predicted molar refractivity (Wildman–Crippen MR) is 232 cm³/mol. The smallest absolute Gasteiger partial charge is 0.289 e. The first-order valence-electron chi connectivity index (χ1n) is 21.7. The summed E-state index contributed by atoms with van der Waals surface area (Å²) in [6.07, 6.45) is 20.2. The van der Waals surface area contributed by atoms with Crippen LogP contribution in [0.25, 0.3) is 0 Å². The van der Waals surface area contributed by atoms with E-state index in [-0.39, 0.29) is 42.9 Å². The van der Waals surface area contributed by atoms with Crippen LogP contribution in [0.3, 0.4) is 0 Å². The van der Waals surface area contributed by atoms with Crippen LogP contribution < -0.4 is 21.3 Å². The van der Waals surface area contributed by atoms with Crippen molar-refractivity contribution in [1.29, 1.82) is 0 Å². The molecular formula is C45H63N9O7. The molecule has 330 valence electrons. The molecule has 4 amide bonds. The van der Waals surface area contributed by atoms with Gasteiger partial charge in [-0.25, -0.2) is 4.98 Å². The van der Waals surface area contributed by atoms with E-state index in [4.69, 9.17) is 4.74 Å². The molecule has 2 heterocycles. The van der Waals surface area contributed by atoms with Crippen molar-refractivity contribution in [2.75, 3.05) is 20.1 Å². The van der Waals surface area contributed by atoms with Crippen LogP contribution in [0.15, 0.2) is 64.1 Å². The minimum absolute atomic E-state index is 0.00213. The number of nitrogens with one attached hydrogen (secondary N) is 4. The number of ether oxygens (including phenoxy) is 1. The Morgan fingerprint density at radius 2 is 1.74 bits per heavy atom. The van der Waals surface area contributed by atoms with E-state index in [1.807, 2.05) is 58.9 Å². The van der Waals surface area contributed by atoms with Crippen LogP contribution in [-0.2, 0) is 28.7 Å². The maximum absolute atomic E-state index is 15.0. The molecule has 4 aliphatic rings. The van der Waals surface area contributed by atoms with Crippen molar-refractivity contribution >= 4 is 47.3 Å². The SMILES string of the molecule is CC=NC1=CC=CC=C(C(=NC)O[C@@H]2C[C@@H](C(=O)CN[C@@H](CCC)C(=O)C(=O)NC3CC3)N(C(=O)[C@@H](NC(=O)C(NC(=O)c3cnccn3)C3CCCCC3)C(C)(C)C)C2)C1. The summed E-state index contributed by atoms with van der Waals surface area (Å²) in [5, 5.41) is 11.7. The first-order valence-corrected chi connectivity index (χ1v) is 21.7. The van der Waals surface area contributed by atoms with Crippen LogP contribution in [0.5, 0.6) is 0 Å². The highest BCUT2D eigenvalue weighted by Gasteiger charge is 2.47. The molecule has 4 N–H and O–H groups in total. The number of nitrogens with zero attached hydrogens (tertiary/aromatic N) is 5. The molecule has 1 aromatic heterocycles. The Labute approximate surface area is 359 Å². The quantitative estimate of drug-likeness (QED) is 0.0955. The van der Waals surface area contributed by atoms with Crippen LogP contribution in [0, 0.1) is 11.3 Å².